The number of hydrogen-bond acceptors (Lipinski definition) is 6. The molecule has 1 aliphatic rings. The maximum Gasteiger partial charge on any atom is 0.163 e. The van der Waals surface area contributed by atoms with Crippen LogP contribution in [0.15, 0.2) is 30.6 Å². The van der Waals surface area contributed by atoms with E-state index in [0.717, 1.165) is 48.2 Å². The van der Waals surface area contributed by atoms with Gasteiger partial charge in [0.05, 0.1) is 0 Å². The Morgan fingerprint density at radius 3 is 2.78 bits per heavy atom. The summed E-state index contributed by atoms with van der Waals surface area (Å²) < 4.78 is 11.1. The van der Waals surface area contributed by atoms with Gasteiger partial charge >= 0.3 is 0 Å². The molecule has 2 aromatic rings. The standard InChI is InChI=1S/C17H22N4O2/c1-3-4-7-21(2)17-11-16(18-12-19-17)20-13-5-6-14-15(10-13)23-9-8-22-14/h5-6,10-12H,3-4,7-9H2,1-2H3,(H,18,19,20). The average Bonchev–Trinajstić information content (AvgIpc) is 2.60. The van der Waals surface area contributed by atoms with Gasteiger partial charge < -0.3 is 19.7 Å². The smallest absolute Gasteiger partial charge is 0.163 e. The summed E-state index contributed by atoms with van der Waals surface area (Å²) in [6.45, 7) is 4.34. The van der Waals surface area contributed by atoms with Crippen molar-refractivity contribution in [1.29, 1.82) is 0 Å². The number of fused-ring (bicyclic) bond motifs is 1. The lowest BCUT2D eigenvalue weighted by Crippen LogP contribution is -2.19. The van der Waals surface area contributed by atoms with Crippen molar-refractivity contribution in [3.05, 3.63) is 30.6 Å². The van der Waals surface area contributed by atoms with Gasteiger partial charge in [-0.1, -0.05) is 13.3 Å². The number of benzene rings is 1. The van der Waals surface area contributed by atoms with E-state index in [1.807, 2.05) is 31.3 Å². The fourth-order valence-electron chi connectivity index (χ4n) is 2.40. The molecule has 0 saturated heterocycles. The van der Waals surface area contributed by atoms with E-state index in [-0.39, 0.29) is 0 Å². The molecule has 6 heteroatoms. The van der Waals surface area contributed by atoms with E-state index in [1.54, 1.807) is 6.33 Å². The molecule has 0 amide bonds. The molecule has 0 saturated carbocycles. The summed E-state index contributed by atoms with van der Waals surface area (Å²) in [5.74, 6) is 3.21. The van der Waals surface area contributed by atoms with Crippen molar-refractivity contribution in [3.8, 4) is 11.5 Å². The van der Waals surface area contributed by atoms with Gasteiger partial charge in [0.2, 0.25) is 0 Å². The van der Waals surface area contributed by atoms with Crippen LogP contribution < -0.4 is 19.7 Å². The van der Waals surface area contributed by atoms with Crippen molar-refractivity contribution in [1.82, 2.24) is 9.97 Å². The highest BCUT2D eigenvalue weighted by molar-refractivity contribution is 5.63. The quantitative estimate of drug-likeness (QED) is 0.883. The number of hydrogen-bond donors (Lipinski definition) is 1. The zero-order valence-corrected chi connectivity index (χ0v) is 13.6. The third-order valence-electron chi connectivity index (χ3n) is 3.71. The van der Waals surface area contributed by atoms with Crippen LogP contribution in [0.5, 0.6) is 11.5 Å². The second-order valence-corrected chi connectivity index (χ2v) is 5.52. The van der Waals surface area contributed by atoms with Crippen molar-refractivity contribution < 1.29 is 9.47 Å². The van der Waals surface area contributed by atoms with Crippen molar-refractivity contribution in [2.24, 2.45) is 0 Å². The number of rotatable bonds is 6. The maximum absolute atomic E-state index is 5.60. The first-order valence-corrected chi connectivity index (χ1v) is 7.96. The molecule has 1 aromatic carbocycles. The first-order chi connectivity index (χ1) is 11.3. The normalized spacial score (nSPS) is 12.8. The molecule has 2 heterocycles. The summed E-state index contributed by atoms with van der Waals surface area (Å²) in [4.78, 5) is 10.8. The SMILES string of the molecule is CCCCN(C)c1cc(Nc2ccc3c(c2)OCCO3)ncn1. The lowest BCUT2D eigenvalue weighted by Gasteiger charge is -2.20. The Kier molecular flexibility index (Phi) is 4.80. The number of ether oxygens (including phenoxy) is 2. The molecule has 122 valence electrons. The molecule has 0 bridgehead atoms. The minimum absolute atomic E-state index is 0.580. The molecule has 0 spiro atoms. The molecule has 6 nitrogen and oxygen atoms in total. The van der Waals surface area contributed by atoms with Crippen LogP contribution in [0.1, 0.15) is 19.8 Å². The highest BCUT2D eigenvalue weighted by Crippen LogP contribution is 2.33. The lowest BCUT2D eigenvalue weighted by molar-refractivity contribution is 0.171. The van der Waals surface area contributed by atoms with E-state index >= 15 is 0 Å². The van der Waals surface area contributed by atoms with Gasteiger partial charge in [0, 0.05) is 31.4 Å². The predicted octanol–water partition coefficient (Wildman–Crippen LogP) is 3.23. The van der Waals surface area contributed by atoms with Crippen LogP contribution in [-0.2, 0) is 0 Å². The Bertz CT molecular complexity index is 663. The Labute approximate surface area is 136 Å². The summed E-state index contributed by atoms with van der Waals surface area (Å²) in [5, 5.41) is 3.29. The number of unbranched alkanes of at least 4 members (excludes halogenated alkanes) is 1. The van der Waals surface area contributed by atoms with Crippen LogP contribution in [0, 0.1) is 0 Å². The van der Waals surface area contributed by atoms with Gasteiger partial charge in [0.25, 0.3) is 0 Å². The van der Waals surface area contributed by atoms with Crippen LogP contribution in [0.25, 0.3) is 0 Å². The molecule has 0 fully saturated rings. The van der Waals surface area contributed by atoms with Crippen molar-refractivity contribution >= 4 is 17.3 Å². The van der Waals surface area contributed by atoms with E-state index in [9.17, 15) is 0 Å². The molecular formula is C17H22N4O2. The fraction of sp³-hybridized carbons (Fsp3) is 0.412. The van der Waals surface area contributed by atoms with Crippen LogP contribution in [0.2, 0.25) is 0 Å². The Morgan fingerprint density at radius 1 is 1.13 bits per heavy atom. The zero-order valence-electron chi connectivity index (χ0n) is 13.6. The molecule has 3 rings (SSSR count). The van der Waals surface area contributed by atoms with E-state index in [1.165, 1.54) is 0 Å². The zero-order chi connectivity index (χ0) is 16.1. The van der Waals surface area contributed by atoms with E-state index < -0.39 is 0 Å². The molecule has 0 radical (unpaired) electrons. The molecule has 0 aliphatic carbocycles. The second kappa shape index (κ2) is 7.17. The molecule has 1 N–H and O–H groups in total. The second-order valence-electron chi connectivity index (χ2n) is 5.52. The summed E-state index contributed by atoms with van der Waals surface area (Å²) in [6.07, 6.45) is 3.89. The molecule has 1 aromatic heterocycles. The number of nitrogens with one attached hydrogen (secondary N) is 1. The van der Waals surface area contributed by atoms with Gasteiger partial charge in [-0.25, -0.2) is 9.97 Å². The highest BCUT2D eigenvalue weighted by atomic mass is 16.6. The molecule has 0 atom stereocenters. The molecule has 1 aliphatic heterocycles. The summed E-state index contributed by atoms with van der Waals surface area (Å²) >= 11 is 0. The average molecular weight is 314 g/mol. The van der Waals surface area contributed by atoms with Gasteiger partial charge in [-0.05, 0) is 18.6 Å². The monoisotopic (exact) mass is 314 g/mol. The van der Waals surface area contributed by atoms with E-state index in [0.29, 0.717) is 13.2 Å². The van der Waals surface area contributed by atoms with Gasteiger partial charge in [-0.3, -0.25) is 0 Å². The van der Waals surface area contributed by atoms with Gasteiger partial charge in [0.15, 0.2) is 11.5 Å². The summed E-state index contributed by atoms with van der Waals surface area (Å²) in [7, 11) is 2.05. The third kappa shape index (κ3) is 3.83. The first-order valence-electron chi connectivity index (χ1n) is 7.96. The van der Waals surface area contributed by atoms with Crippen molar-refractivity contribution in [2.45, 2.75) is 19.8 Å². The largest absolute Gasteiger partial charge is 0.486 e. The lowest BCUT2D eigenvalue weighted by atomic mass is 10.2. The van der Waals surface area contributed by atoms with E-state index in [2.05, 4.69) is 27.1 Å². The molecular weight excluding hydrogens is 292 g/mol. The summed E-state index contributed by atoms with van der Waals surface area (Å²) in [5.41, 5.74) is 0.912. The fourth-order valence-corrected chi connectivity index (χ4v) is 2.40. The van der Waals surface area contributed by atoms with Crippen LogP contribution in [0.3, 0.4) is 0 Å². The Balaban J connectivity index is 1.72. The summed E-state index contributed by atoms with van der Waals surface area (Å²) in [6, 6.07) is 7.74. The van der Waals surface area contributed by atoms with Crippen molar-refractivity contribution in [3.63, 3.8) is 0 Å². The maximum atomic E-state index is 5.60. The van der Waals surface area contributed by atoms with Crippen LogP contribution >= 0.6 is 0 Å². The predicted molar refractivity (Wildman–Crippen MR) is 90.9 cm³/mol. The molecule has 0 unspecified atom stereocenters. The Hall–Kier alpha value is -2.50. The van der Waals surface area contributed by atoms with E-state index in [4.69, 9.17) is 9.47 Å². The number of anilines is 3. The van der Waals surface area contributed by atoms with Crippen LogP contribution in [0.4, 0.5) is 17.3 Å². The minimum atomic E-state index is 0.580. The first kappa shape index (κ1) is 15.4. The minimum Gasteiger partial charge on any atom is -0.486 e. The van der Waals surface area contributed by atoms with Gasteiger partial charge in [-0.2, -0.15) is 0 Å². The topological polar surface area (TPSA) is 59.5 Å². The highest BCUT2D eigenvalue weighted by Gasteiger charge is 2.12. The van der Waals surface area contributed by atoms with Gasteiger partial charge in [0.1, 0.15) is 31.2 Å². The van der Waals surface area contributed by atoms with Gasteiger partial charge in [-0.15, -0.1) is 0 Å². The van der Waals surface area contributed by atoms with Crippen LogP contribution in [-0.4, -0.2) is 36.8 Å². The third-order valence-corrected chi connectivity index (χ3v) is 3.71. The number of nitrogens with zero attached hydrogens (tertiary/aromatic N) is 3. The van der Waals surface area contributed by atoms with Crippen molar-refractivity contribution in [2.75, 3.05) is 37.0 Å². The molecule has 23 heavy (non-hydrogen) atoms. The Morgan fingerprint density at radius 2 is 1.96 bits per heavy atom. The number of aromatic nitrogens is 2.